The van der Waals surface area contributed by atoms with E-state index in [-0.39, 0.29) is 38.5 Å². The van der Waals surface area contributed by atoms with Crippen molar-refractivity contribution in [2.24, 2.45) is 11.5 Å². The van der Waals surface area contributed by atoms with Gasteiger partial charge in [0.1, 0.15) is 22.7 Å². The Morgan fingerprint density at radius 2 is 1.89 bits per heavy atom. The van der Waals surface area contributed by atoms with Crippen LogP contribution in [0.4, 0.5) is 15.8 Å². The Kier molecular flexibility index (Phi) is 7.82. The molecule has 15 heteroatoms. The number of rotatable bonds is 7. The molecular weight excluding hydrogens is 723 g/mol. The fraction of sp³-hybridized carbons (Fsp3) is 0.194. The van der Waals surface area contributed by atoms with Crippen LogP contribution in [-0.2, 0) is 6.54 Å². The van der Waals surface area contributed by atoms with Gasteiger partial charge in [0.25, 0.3) is 11.8 Å². The molecule has 1 aromatic carbocycles. The standard InChI is InChI=1S/C31H27Br2FN10O2/c32-19-10-38-29-22(24(19)34)20(11-39-29)40-31(46)18-14-44(12-15-5-2-1-3-6-15)42-25(18)17-9-37-30-21(17)27(23(33)26(41-30)28(36)45)43-8-4-7-16(35)13-43/h1-3,5-6,9-11,14,16H,4,7-8,12-13,35H2,(H2,36,45)(H,37,41)(H,38,39)(H,40,46)/t16-/m1/s1. The predicted octanol–water partition coefficient (Wildman–Crippen LogP) is 5.29. The summed E-state index contributed by atoms with van der Waals surface area (Å²) < 4.78 is 17.4. The number of nitrogens with zero attached hydrogens (tertiary/aromatic N) is 5. The largest absolute Gasteiger partial charge is 0.368 e. The third kappa shape index (κ3) is 5.33. The van der Waals surface area contributed by atoms with Crippen LogP contribution in [0.2, 0.25) is 0 Å². The first kappa shape index (κ1) is 30.1. The van der Waals surface area contributed by atoms with Gasteiger partial charge in [-0.15, -0.1) is 0 Å². The van der Waals surface area contributed by atoms with E-state index in [1.807, 2.05) is 30.3 Å². The van der Waals surface area contributed by atoms with Crippen molar-refractivity contribution in [2.45, 2.75) is 25.4 Å². The second-order valence-corrected chi connectivity index (χ2v) is 12.8. The van der Waals surface area contributed by atoms with Crippen molar-refractivity contribution in [2.75, 3.05) is 23.3 Å². The number of amides is 2. The molecule has 6 aromatic rings. The van der Waals surface area contributed by atoms with Gasteiger partial charge in [0.2, 0.25) is 0 Å². The number of hydrogen-bond acceptors (Lipinski definition) is 7. The number of aromatic nitrogens is 6. The van der Waals surface area contributed by atoms with Crippen LogP contribution in [0.1, 0.15) is 39.3 Å². The van der Waals surface area contributed by atoms with Crippen molar-refractivity contribution < 1.29 is 14.0 Å². The average molecular weight is 750 g/mol. The van der Waals surface area contributed by atoms with Gasteiger partial charge in [-0.05, 0) is 50.3 Å². The quantitative estimate of drug-likeness (QED) is 0.147. The number of nitrogens with two attached hydrogens (primary N) is 2. The lowest BCUT2D eigenvalue weighted by Crippen LogP contribution is -2.43. The molecule has 6 heterocycles. The van der Waals surface area contributed by atoms with E-state index in [0.29, 0.717) is 52.1 Å². The predicted molar refractivity (Wildman–Crippen MR) is 180 cm³/mol. The van der Waals surface area contributed by atoms with Crippen LogP contribution in [0.25, 0.3) is 33.3 Å². The van der Waals surface area contributed by atoms with Gasteiger partial charge in [-0.2, -0.15) is 5.10 Å². The Labute approximate surface area is 278 Å². The maximum atomic E-state index is 15.1. The number of H-pyrrole nitrogens is 2. The highest BCUT2D eigenvalue weighted by molar-refractivity contribution is 9.11. The topological polar surface area (TPSA) is 177 Å². The Bertz CT molecular complexity index is 2140. The lowest BCUT2D eigenvalue weighted by atomic mass is 10.0. The third-order valence-corrected chi connectivity index (χ3v) is 9.34. The summed E-state index contributed by atoms with van der Waals surface area (Å²) in [4.78, 5) is 43.4. The van der Waals surface area contributed by atoms with Crippen molar-refractivity contribution in [3.05, 3.63) is 86.7 Å². The summed E-state index contributed by atoms with van der Waals surface area (Å²) in [6, 6.07) is 9.66. The maximum Gasteiger partial charge on any atom is 0.268 e. The van der Waals surface area contributed by atoms with Gasteiger partial charge in [-0.3, -0.25) is 14.3 Å². The number of fused-ring (bicyclic) bond motifs is 2. The van der Waals surface area contributed by atoms with E-state index in [2.05, 4.69) is 62.0 Å². The van der Waals surface area contributed by atoms with Gasteiger partial charge < -0.3 is 31.7 Å². The summed E-state index contributed by atoms with van der Waals surface area (Å²) in [5.74, 6) is -1.75. The van der Waals surface area contributed by atoms with E-state index in [1.165, 1.54) is 12.4 Å². The zero-order valence-corrected chi connectivity index (χ0v) is 27.3. The van der Waals surface area contributed by atoms with Crippen molar-refractivity contribution in [3.63, 3.8) is 0 Å². The van der Waals surface area contributed by atoms with E-state index >= 15 is 4.39 Å². The molecular formula is C31H27Br2FN10O2. The fourth-order valence-corrected chi connectivity index (χ4v) is 6.98. The minimum atomic E-state index is -0.688. The molecule has 7 N–H and O–H groups in total. The van der Waals surface area contributed by atoms with Gasteiger partial charge in [0.05, 0.1) is 43.2 Å². The van der Waals surface area contributed by atoms with Gasteiger partial charge >= 0.3 is 0 Å². The molecule has 46 heavy (non-hydrogen) atoms. The molecule has 1 fully saturated rings. The number of halogens is 3. The molecule has 0 bridgehead atoms. The number of benzene rings is 1. The molecule has 0 radical (unpaired) electrons. The van der Waals surface area contributed by atoms with Crippen molar-refractivity contribution in [1.82, 2.24) is 29.7 Å². The SMILES string of the molecule is NC(=O)c1nc2[nH]cc(-c3nn(Cc4ccccc4)cc3C(=O)Nc3c[nH]c4ncc(Br)c(F)c34)c2c(N2CCC[C@@H](N)C2)c1Br. The molecule has 1 aliphatic rings. The smallest absolute Gasteiger partial charge is 0.268 e. The number of aromatic amines is 2. The van der Waals surface area contributed by atoms with E-state index in [9.17, 15) is 9.59 Å². The molecule has 1 saturated heterocycles. The second kappa shape index (κ2) is 12.0. The number of anilines is 2. The summed E-state index contributed by atoms with van der Waals surface area (Å²) in [5.41, 5.74) is 15.9. The Morgan fingerprint density at radius 1 is 1.11 bits per heavy atom. The number of piperidine rings is 1. The summed E-state index contributed by atoms with van der Waals surface area (Å²) in [5, 5.41) is 8.53. The number of hydrogen-bond donors (Lipinski definition) is 5. The number of carbonyl (C=O) groups excluding carboxylic acids is 2. The first-order chi connectivity index (χ1) is 22.2. The Hall–Kier alpha value is -4.60. The Balaban J connectivity index is 1.40. The first-order valence-corrected chi connectivity index (χ1v) is 16.0. The lowest BCUT2D eigenvalue weighted by Gasteiger charge is -2.34. The number of carbonyl (C=O) groups is 2. The van der Waals surface area contributed by atoms with Gasteiger partial charge in [-0.25, -0.2) is 14.4 Å². The zero-order valence-electron chi connectivity index (χ0n) is 24.2. The van der Waals surface area contributed by atoms with E-state index in [0.717, 1.165) is 18.4 Å². The molecule has 12 nitrogen and oxygen atoms in total. The number of nitrogens with one attached hydrogen (secondary N) is 3. The fourth-order valence-electron chi connectivity index (χ4n) is 5.94. The van der Waals surface area contributed by atoms with Crippen LogP contribution in [-0.4, -0.2) is 60.7 Å². The van der Waals surface area contributed by atoms with E-state index < -0.39 is 17.6 Å². The molecule has 2 amide bonds. The Morgan fingerprint density at radius 3 is 2.65 bits per heavy atom. The van der Waals surface area contributed by atoms with Crippen LogP contribution in [0.15, 0.2) is 64.1 Å². The highest BCUT2D eigenvalue weighted by Crippen LogP contribution is 2.42. The number of primary amides is 1. The van der Waals surface area contributed by atoms with Crippen LogP contribution in [0.5, 0.6) is 0 Å². The van der Waals surface area contributed by atoms with E-state index in [1.54, 1.807) is 17.1 Å². The van der Waals surface area contributed by atoms with Crippen molar-refractivity contribution in [3.8, 4) is 11.3 Å². The molecule has 0 unspecified atom stereocenters. The molecule has 0 aliphatic carbocycles. The van der Waals surface area contributed by atoms with Crippen LogP contribution in [0.3, 0.4) is 0 Å². The normalized spacial score (nSPS) is 15.1. The monoisotopic (exact) mass is 748 g/mol. The molecule has 0 saturated carbocycles. The van der Waals surface area contributed by atoms with Gasteiger partial charge in [-0.1, -0.05) is 30.3 Å². The summed E-state index contributed by atoms with van der Waals surface area (Å²) in [6.07, 6.45) is 7.95. The first-order valence-electron chi connectivity index (χ1n) is 14.4. The molecule has 1 aliphatic heterocycles. The molecule has 7 rings (SSSR count). The minimum absolute atomic E-state index is 0.0687. The third-order valence-electron chi connectivity index (χ3n) is 8.04. The van der Waals surface area contributed by atoms with E-state index in [4.69, 9.17) is 16.6 Å². The minimum Gasteiger partial charge on any atom is -0.368 e. The van der Waals surface area contributed by atoms with Gasteiger partial charge in [0.15, 0.2) is 5.82 Å². The second-order valence-electron chi connectivity index (χ2n) is 11.1. The van der Waals surface area contributed by atoms with Gasteiger partial charge in [0, 0.05) is 49.5 Å². The lowest BCUT2D eigenvalue weighted by molar-refractivity contribution is 0.0993. The van der Waals surface area contributed by atoms with Crippen molar-refractivity contribution in [1.29, 1.82) is 0 Å². The highest BCUT2D eigenvalue weighted by Gasteiger charge is 2.30. The van der Waals surface area contributed by atoms with Crippen LogP contribution >= 0.6 is 31.9 Å². The summed E-state index contributed by atoms with van der Waals surface area (Å²) >= 11 is 6.78. The van der Waals surface area contributed by atoms with Crippen LogP contribution < -0.4 is 21.7 Å². The average Bonchev–Trinajstić information content (AvgIpc) is 3.76. The molecule has 234 valence electrons. The summed E-state index contributed by atoms with van der Waals surface area (Å²) in [6.45, 7) is 1.63. The summed E-state index contributed by atoms with van der Waals surface area (Å²) in [7, 11) is 0. The molecule has 5 aromatic heterocycles. The van der Waals surface area contributed by atoms with Crippen LogP contribution in [0, 0.1) is 5.82 Å². The maximum absolute atomic E-state index is 15.1. The zero-order chi connectivity index (χ0) is 32.1. The highest BCUT2D eigenvalue weighted by atomic mass is 79.9. The molecule has 1 atom stereocenters. The van der Waals surface area contributed by atoms with Crippen molar-refractivity contribution >= 4 is 77.1 Å². The molecule has 0 spiro atoms. The number of pyridine rings is 2.